The molecule has 0 radical (unpaired) electrons. The Balaban J connectivity index is 0.000000198. The molecule has 0 unspecified atom stereocenters. The highest BCUT2D eigenvalue weighted by Crippen LogP contribution is 2.35. The molecule has 0 heterocycles. The molecule has 0 aliphatic rings. The topological polar surface area (TPSA) is 326 Å². The maximum atomic E-state index is 11.1. The largest absolute Gasteiger partial charge is 0.489 e. The summed E-state index contributed by atoms with van der Waals surface area (Å²) in [6, 6.07) is 79.9. The lowest BCUT2D eigenvalue weighted by molar-refractivity contribution is 0.0683. The number of aromatic carboxylic acids is 7. The van der Waals surface area contributed by atoms with Gasteiger partial charge in [0.25, 0.3) is 0 Å². The molecule has 0 saturated carbocycles. The highest BCUT2D eigenvalue weighted by molar-refractivity contribution is 6.35. The van der Waals surface area contributed by atoms with Crippen molar-refractivity contribution in [2.45, 2.75) is 143 Å². The van der Waals surface area contributed by atoms with Gasteiger partial charge in [-0.3, -0.25) is 0 Å². The number of hydrogen-bond acceptors (Lipinski definition) is 14. The molecule has 0 bridgehead atoms. The Hall–Kier alpha value is -14.6. The van der Waals surface area contributed by atoms with E-state index in [1.165, 1.54) is 22.8 Å². The van der Waals surface area contributed by atoms with E-state index in [0.29, 0.717) is 87.1 Å². The molecule has 0 saturated heterocycles. The molecule has 0 fully saturated rings. The molecule has 7 N–H and O–H groups in total. The second-order valence-corrected chi connectivity index (χ2v) is 33.9. The summed E-state index contributed by atoms with van der Waals surface area (Å²) in [5.41, 5.74) is 20.3. The van der Waals surface area contributed by atoms with Gasteiger partial charge in [-0.15, -0.1) is 0 Å². The first-order chi connectivity index (χ1) is 65.7. The van der Waals surface area contributed by atoms with Gasteiger partial charge in [-0.1, -0.05) is 246 Å². The van der Waals surface area contributed by atoms with Crippen LogP contribution in [0.3, 0.4) is 0 Å². The van der Waals surface area contributed by atoms with Crippen LogP contribution in [0.15, 0.2) is 273 Å². The van der Waals surface area contributed by atoms with Crippen LogP contribution in [0.4, 0.5) is 0 Å². The summed E-state index contributed by atoms with van der Waals surface area (Å²) < 4.78 is 39.8. The maximum absolute atomic E-state index is 11.1. The number of ether oxygens (including phenoxy) is 7. The van der Waals surface area contributed by atoms with Gasteiger partial charge < -0.3 is 68.9 Å². The van der Waals surface area contributed by atoms with Crippen LogP contribution in [0.5, 0.6) is 40.2 Å². The van der Waals surface area contributed by atoms with Crippen LogP contribution in [0.2, 0.25) is 25.1 Å². The average molecular weight is 1970 g/mol. The van der Waals surface area contributed by atoms with Crippen LogP contribution in [0.1, 0.15) is 191 Å². The quantitative estimate of drug-likeness (QED) is 0.0229. The highest BCUT2D eigenvalue weighted by atomic mass is 35.5. The van der Waals surface area contributed by atoms with Crippen molar-refractivity contribution in [3.05, 3.63) is 448 Å². The van der Waals surface area contributed by atoms with E-state index >= 15 is 0 Å². The molecule has 14 rings (SSSR count). The molecule has 14 aromatic carbocycles. The van der Waals surface area contributed by atoms with Crippen molar-refractivity contribution in [2.24, 2.45) is 0 Å². The molecule has 21 nitrogen and oxygen atoms in total. The van der Waals surface area contributed by atoms with Crippen molar-refractivity contribution in [2.75, 3.05) is 0 Å². The zero-order valence-electron chi connectivity index (χ0n) is 78.4. The standard InChI is InChI=1S/2C17H18O3.2C16H15ClO3.C16H16O3.C15H12Cl2O3.C15H13ClO3/c1-11-8-13(3)16(9-12(11)2)20-10-14-6-4-5-7-15(14)17(18)19;1-3-13-10-12(2)8-9-16(13)20-11-14-6-4-5-7-15(14)17(18)19;1-10-7-14(17)15(8-11(10)2)20-9-12-5-3-4-6-13(12)16(18)19;1-10-7-11(2)15(8-14(10)17)20-9-12-5-3-4-6-13(12)16(18)19;1-11-7-8-15(12(2)9-11)19-10-13-5-3-4-6-14(13)16(17)18;1-9-6-13(17)14(7-12(9)16)20-8-10-4-2-3-5-11(10)15(18)19;1-10-6-7-14(13(16)8-10)19-9-11-4-2-3-5-12(11)15(17)18/h4-9H,10H2,1-3H3,(H,18,19);4-10H,3,11H2,1-2H3,(H,18,19);2*3-8H,9H2,1-2H3,(H,18,19);3-9H,10H2,1-2H3,(H,17,18);2-7H,8H2,1H3,(H,18,19);2-8H,9H2,1H3,(H,17,18). The number of hydrogen-bond donors (Lipinski definition) is 7. The predicted octanol–water partition coefficient (Wildman–Crippen LogP) is 28.3. The lowest BCUT2D eigenvalue weighted by Gasteiger charge is -2.13. The van der Waals surface area contributed by atoms with Gasteiger partial charge in [0.1, 0.15) is 86.5 Å². The van der Waals surface area contributed by atoms with Gasteiger partial charge in [0.15, 0.2) is 0 Å². The van der Waals surface area contributed by atoms with Gasteiger partial charge >= 0.3 is 41.8 Å². The van der Waals surface area contributed by atoms with Crippen molar-refractivity contribution in [1.29, 1.82) is 0 Å². The Morgan fingerprint density at radius 3 is 0.746 bits per heavy atom. The van der Waals surface area contributed by atoms with E-state index in [1.807, 2.05) is 155 Å². The van der Waals surface area contributed by atoms with E-state index < -0.39 is 41.8 Å². The molecule has 0 spiro atoms. The SMILES string of the molecule is CCc1cc(C)ccc1OCc1ccccc1C(=O)O.Cc1cc(C)c(OCc2ccccc2C(=O)O)cc1C.Cc1cc(C)c(OCc2ccccc2C(=O)O)cc1Cl.Cc1cc(Cl)c(OCc2ccccc2C(=O)O)cc1C.Cc1cc(Cl)c(OCc2ccccc2C(=O)O)cc1Cl.Cc1ccc(OCc2ccccc2C(=O)O)c(C)c1.Cc1ccc(OCc2ccccc2C(=O)O)c(Cl)c1. The first kappa shape index (κ1) is 109. The fraction of sp³-hybridized carbons (Fsp3) is 0.188. The summed E-state index contributed by atoms with van der Waals surface area (Å²) in [5, 5.41) is 66.5. The highest BCUT2D eigenvalue weighted by Gasteiger charge is 2.20. The second kappa shape index (κ2) is 53.6. The molecule has 0 amide bonds. The summed E-state index contributed by atoms with van der Waals surface area (Å²) in [4.78, 5) is 77.8. The zero-order chi connectivity index (χ0) is 101. The van der Waals surface area contributed by atoms with Gasteiger partial charge in [-0.2, -0.15) is 0 Å². The molecule has 0 aliphatic carbocycles. The molecular weight excluding hydrogens is 1860 g/mol. The fourth-order valence-electron chi connectivity index (χ4n) is 13.5. The van der Waals surface area contributed by atoms with Gasteiger partial charge in [0.2, 0.25) is 0 Å². The third-order valence-corrected chi connectivity index (χ3v) is 23.1. The minimum atomic E-state index is -0.989. The average Bonchev–Trinajstić information content (AvgIpc) is 0.858. The summed E-state index contributed by atoms with van der Waals surface area (Å²) in [6.45, 7) is 27.2. The number of rotatable bonds is 29. The number of benzene rings is 14. The predicted molar refractivity (Wildman–Crippen MR) is 540 cm³/mol. The molecule has 0 aliphatic heterocycles. The van der Waals surface area contributed by atoms with Crippen LogP contribution < -0.4 is 33.2 Å². The Labute approximate surface area is 827 Å². The fourth-order valence-corrected chi connectivity index (χ4v) is 14.7. The molecule has 138 heavy (non-hydrogen) atoms. The van der Waals surface area contributed by atoms with Crippen LogP contribution >= 0.6 is 58.0 Å². The second-order valence-electron chi connectivity index (χ2n) is 31.9. The normalized spacial score (nSPS) is 10.3. The van der Waals surface area contributed by atoms with Crippen LogP contribution in [-0.2, 0) is 52.7 Å². The smallest absolute Gasteiger partial charge is 0.336 e. The van der Waals surface area contributed by atoms with Crippen LogP contribution in [0.25, 0.3) is 0 Å². The molecule has 14 aromatic rings. The van der Waals surface area contributed by atoms with Crippen molar-refractivity contribution in [3.8, 4) is 40.2 Å². The van der Waals surface area contributed by atoms with Crippen LogP contribution in [0, 0.1) is 83.1 Å². The third-order valence-electron chi connectivity index (χ3n) is 21.4. The number of halogens is 5. The van der Waals surface area contributed by atoms with Crippen molar-refractivity contribution >= 4 is 99.8 Å². The molecular formula is C112H107Cl5O21. The molecule has 26 heteroatoms. The van der Waals surface area contributed by atoms with E-state index in [9.17, 15) is 33.6 Å². The molecule has 716 valence electrons. The summed E-state index contributed by atoms with van der Waals surface area (Å²) in [5.74, 6) is -2.04. The van der Waals surface area contributed by atoms with E-state index in [0.717, 1.165) is 79.3 Å². The maximum Gasteiger partial charge on any atom is 0.336 e. The Bertz CT molecular complexity index is 6080. The summed E-state index contributed by atoms with van der Waals surface area (Å²) in [7, 11) is 0. The van der Waals surface area contributed by atoms with E-state index in [2.05, 4.69) is 26.0 Å². The number of carboxylic acids is 7. The minimum absolute atomic E-state index is 0.113. The van der Waals surface area contributed by atoms with Crippen LogP contribution in [-0.4, -0.2) is 77.5 Å². The lowest BCUT2D eigenvalue weighted by Crippen LogP contribution is -2.06. The van der Waals surface area contributed by atoms with Gasteiger partial charge in [0.05, 0.1) is 54.0 Å². The number of aryl methyl sites for hydroxylation is 13. The van der Waals surface area contributed by atoms with E-state index in [4.69, 9.17) is 127 Å². The number of carbonyl (C=O) groups is 7. The first-order valence-electron chi connectivity index (χ1n) is 43.3. The van der Waals surface area contributed by atoms with Gasteiger partial charge in [-0.05, 0) is 248 Å². The van der Waals surface area contributed by atoms with Crippen molar-refractivity contribution in [3.63, 3.8) is 0 Å². The first-order valence-corrected chi connectivity index (χ1v) is 45.2. The minimum Gasteiger partial charge on any atom is -0.489 e. The van der Waals surface area contributed by atoms with Crippen molar-refractivity contribution in [1.82, 2.24) is 0 Å². The third kappa shape index (κ3) is 33.2. The molecule has 0 atom stereocenters. The Morgan fingerprint density at radius 2 is 0.413 bits per heavy atom. The van der Waals surface area contributed by atoms with Crippen molar-refractivity contribution < 1.29 is 102 Å². The summed E-state index contributed by atoms with van der Waals surface area (Å²) in [6.07, 6.45) is 0.886. The lowest BCUT2D eigenvalue weighted by atomic mass is 10.1. The monoisotopic (exact) mass is 1960 g/mol. The summed E-state index contributed by atoms with van der Waals surface area (Å²) >= 11 is 30.3. The van der Waals surface area contributed by atoms with Gasteiger partial charge in [-0.25, -0.2) is 33.6 Å². The zero-order valence-corrected chi connectivity index (χ0v) is 82.2. The van der Waals surface area contributed by atoms with E-state index in [-0.39, 0.29) is 85.2 Å². The Kier molecular flexibility index (Phi) is 42.3. The van der Waals surface area contributed by atoms with Gasteiger partial charge in [0, 0.05) is 55.1 Å². The number of carboxylic acid groups (broad SMARTS) is 7. The van der Waals surface area contributed by atoms with E-state index in [1.54, 1.807) is 176 Å². The molecule has 0 aromatic heterocycles. The Morgan fingerprint density at radius 1 is 0.196 bits per heavy atom.